The van der Waals surface area contributed by atoms with Gasteiger partial charge in [-0.25, -0.2) is 27.1 Å². The lowest BCUT2D eigenvalue weighted by Crippen LogP contribution is -2.56. The first kappa shape index (κ1) is 26.5. The van der Waals surface area contributed by atoms with Crippen LogP contribution in [0.5, 0.6) is 0 Å². The molecule has 3 aromatic heterocycles. The van der Waals surface area contributed by atoms with Gasteiger partial charge in [-0.1, -0.05) is 0 Å². The van der Waals surface area contributed by atoms with Crippen molar-refractivity contribution in [1.29, 1.82) is 0 Å². The Kier molecular flexibility index (Phi) is 5.90. The van der Waals surface area contributed by atoms with Gasteiger partial charge in [-0.15, -0.1) is 5.10 Å². The maximum atomic E-state index is 15.3. The molecular formula is C23H23F3N8O4S2. The van der Waals surface area contributed by atoms with E-state index in [9.17, 15) is 25.6 Å². The maximum Gasteiger partial charge on any atom is 0.306 e. The minimum atomic E-state index is -4.58. The predicted octanol–water partition coefficient (Wildman–Crippen LogP) is 1.80. The highest BCUT2D eigenvalue weighted by Crippen LogP contribution is 2.48. The van der Waals surface area contributed by atoms with Crippen LogP contribution in [-0.4, -0.2) is 83.5 Å². The summed E-state index contributed by atoms with van der Waals surface area (Å²) in [6.07, 6.45) is 5.45. The highest BCUT2D eigenvalue weighted by Gasteiger charge is 2.53. The second-order valence-corrected chi connectivity index (χ2v) is 13.7. The zero-order chi connectivity index (χ0) is 28.6. The van der Waals surface area contributed by atoms with Gasteiger partial charge in [-0.2, -0.15) is 25.2 Å². The summed E-state index contributed by atoms with van der Waals surface area (Å²) in [5, 5.41) is 4.12. The molecule has 4 heterocycles. The molecule has 1 saturated carbocycles. The molecule has 0 atom stereocenters. The summed E-state index contributed by atoms with van der Waals surface area (Å²) < 4.78 is 97.5. The van der Waals surface area contributed by atoms with Gasteiger partial charge < -0.3 is 9.80 Å². The van der Waals surface area contributed by atoms with Gasteiger partial charge in [0.15, 0.2) is 11.6 Å². The first-order valence-corrected chi connectivity index (χ1v) is 14.9. The van der Waals surface area contributed by atoms with E-state index in [1.165, 1.54) is 14.1 Å². The third-order valence-corrected chi connectivity index (χ3v) is 10.4. The van der Waals surface area contributed by atoms with E-state index in [-0.39, 0.29) is 23.3 Å². The van der Waals surface area contributed by atoms with Crippen LogP contribution in [0, 0.1) is 17.5 Å². The first-order valence-electron chi connectivity index (χ1n) is 12.1. The van der Waals surface area contributed by atoms with Crippen LogP contribution in [0.3, 0.4) is 0 Å². The number of rotatable bonds is 6. The number of nitrogens with zero attached hydrogens (tertiary/aromatic N) is 8. The van der Waals surface area contributed by atoms with Gasteiger partial charge in [0.25, 0.3) is 10.0 Å². The summed E-state index contributed by atoms with van der Waals surface area (Å²) in [4.78, 5) is 11.3. The van der Waals surface area contributed by atoms with Crippen LogP contribution in [0.4, 0.5) is 24.9 Å². The van der Waals surface area contributed by atoms with Crippen molar-refractivity contribution in [3.05, 3.63) is 60.4 Å². The summed E-state index contributed by atoms with van der Waals surface area (Å²) in [6.45, 7) is 1.03. The number of fused-ring (bicyclic) bond motifs is 1. The topological polar surface area (TPSA) is 127 Å². The molecule has 1 aliphatic heterocycles. The Balaban J connectivity index is 1.43. The Morgan fingerprint density at radius 3 is 2.33 bits per heavy atom. The fourth-order valence-corrected chi connectivity index (χ4v) is 7.13. The van der Waals surface area contributed by atoms with E-state index >= 15 is 4.39 Å². The minimum absolute atomic E-state index is 0.0218. The molecule has 0 bridgehead atoms. The fraction of sp³-hybridized carbons (Fsp3) is 0.348. The Hall–Kier alpha value is -3.70. The quantitative estimate of drug-likeness (QED) is 0.328. The highest BCUT2D eigenvalue weighted by molar-refractivity contribution is 7.90. The number of hydrogen-bond acceptors (Lipinski definition) is 9. The van der Waals surface area contributed by atoms with Crippen molar-refractivity contribution in [2.24, 2.45) is 0 Å². The number of piperazine rings is 1. The van der Waals surface area contributed by atoms with Crippen molar-refractivity contribution in [2.75, 3.05) is 43.5 Å². The SMILES string of the molecule is CN(C)S(=O)(=O)n1ccc(S(=O)(=O)n2nc(N3CCN(c4ncc(F)cn4)CC34CC4)c3c(F)cc(F)cc32)c1. The number of anilines is 2. The van der Waals surface area contributed by atoms with E-state index in [2.05, 4.69) is 15.1 Å². The Bertz CT molecular complexity index is 1850. The largest absolute Gasteiger partial charge is 0.345 e. The molecule has 4 aromatic rings. The molecule has 1 aliphatic carbocycles. The summed E-state index contributed by atoms with van der Waals surface area (Å²) in [6, 6.07) is 2.61. The van der Waals surface area contributed by atoms with E-state index in [0.717, 1.165) is 45.2 Å². The van der Waals surface area contributed by atoms with E-state index in [0.29, 0.717) is 42.0 Å². The molecule has 0 N–H and O–H groups in total. The van der Waals surface area contributed by atoms with E-state index in [4.69, 9.17) is 0 Å². The predicted molar refractivity (Wildman–Crippen MR) is 138 cm³/mol. The molecule has 0 unspecified atom stereocenters. The van der Waals surface area contributed by atoms with Gasteiger partial charge in [0.05, 0.1) is 28.8 Å². The van der Waals surface area contributed by atoms with Crippen LogP contribution in [-0.2, 0) is 20.2 Å². The lowest BCUT2D eigenvalue weighted by molar-refractivity contribution is 0.496. The van der Waals surface area contributed by atoms with Gasteiger partial charge in [0, 0.05) is 58.3 Å². The van der Waals surface area contributed by atoms with E-state index in [1.54, 1.807) is 0 Å². The van der Waals surface area contributed by atoms with Crippen LogP contribution < -0.4 is 9.80 Å². The number of benzene rings is 1. The molecule has 1 spiro atoms. The molecule has 1 saturated heterocycles. The first-order chi connectivity index (χ1) is 18.8. The number of halogens is 3. The maximum absolute atomic E-state index is 15.3. The number of hydrogen-bond donors (Lipinski definition) is 0. The molecule has 1 aromatic carbocycles. The molecule has 12 nitrogen and oxygen atoms in total. The third-order valence-electron chi connectivity index (χ3n) is 7.17. The van der Waals surface area contributed by atoms with Crippen molar-refractivity contribution < 1.29 is 30.0 Å². The normalized spacial score (nSPS) is 17.4. The van der Waals surface area contributed by atoms with Gasteiger partial charge >= 0.3 is 10.2 Å². The fourth-order valence-electron chi connectivity index (χ4n) is 4.96. The molecule has 6 rings (SSSR count). The van der Waals surface area contributed by atoms with Gasteiger partial charge in [0.1, 0.15) is 16.5 Å². The Labute approximate surface area is 227 Å². The van der Waals surface area contributed by atoms with Crippen LogP contribution in [0.15, 0.2) is 47.9 Å². The highest BCUT2D eigenvalue weighted by atomic mass is 32.2. The lowest BCUT2D eigenvalue weighted by atomic mass is 10.1. The molecule has 0 amide bonds. The summed E-state index contributed by atoms with van der Waals surface area (Å²) in [5.41, 5.74) is -0.869. The van der Waals surface area contributed by atoms with Crippen molar-refractivity contribution in [1.82, 2.24) is 27.4 Å². The van der Waals surface area contributed by atoms with Crippen LogP contribution in [0.25, 0.3) is 10.9 Å². The summed E-state index contributed by atoms with van der Waals surface area (Å²) >= 11 is 0. The Morgan fingerprint density at radius 2 is 1.68 bits per heavy atom. The van der Waals surface area contributed by atoms with E-state index in [1.807, 2.05) is 9.80 Å². The third kappa shape index (κ3) is 4.10. The molecule has 0 radical (unpaired) electrons. The lowest BCUT2D eigenvalue weighted by Gasteiger charge is -2.42. The minimum Gasteiger partial charge on any atom is -0.345 e. The smallest absolute Gasteiger partial charge is 0.306 e. The van der Waals surface area contributed by atoms with Gasteiger partial charge in [-0.3, -0.25) is 0 Å². The molecule has 212 valence electrons. The number of aromatic nitrogens is 5. The molecular weight excluding hydrogens is 573 g/mol. The van der Waals surface area contributed by atoms with Crippen LogP contribution in [0.1, 0.15) is 12.8 Å². The van der Waals surface area contributed by atoms with Gasteiger partial charge in [0.2, 0.25) is 5.95 Å². The standard InChI is InChI=1S/C23H23F3N8O4S2/c1-30(2)40(37,38)32-6-3-17(13-32)39(35,36)34-19-10-15(24)9-18(26)20(19)21(29-34)33-8-7-31(14-23(33)4-5-23)22-27-11-16(25)12-28-22/h3,6,9-13H,4-5,7-8,14H2,1-2H3. The average Bonchev–Trinajstić information content (AvgIpc) is 3.29. The van der Waals surface area contributed by atoms with E-state index < -0.39 is 48.1 Å². The van der Waals surface area contributed by atoms with Crippen LogP contribution >= 0.6 is 0 Å². The van der Waals surface area contributed by atoms with Crippen LogP contribution in [0.2, 0.25) is 0 Å². The molecule has 40 heavy (non-hydrogen) atoms. The van der Waals surface area contributed by atoms with Crippen molar-refractivity contribution in [3.8, 4) is 0 Å². The van der Waals surface area contributed by atoms with Crippen molar-refractivity contribution in [2.45, 2.75) is 23.3 Å². The monoisotopic (exact) mass is 596 g/mol. The Morgan fingerprint density at radius 1 is 0.975 bits per heavy atom. The summed E-state index contributed by atoms with van der Waals surface area (Å²) in [5.74, 6) is -2.21. The molecule has 2 fully saturated rings. The van der Waals surface area contributed by atoms with Gasteiger partial charge in [-0.05, 0) is 18.9 Å². The van der Waals surface area contributed by atoms with Crippen molar-refractivity contribution in [3.63, 3.8) is 0 Å². The zero-order valence-corrected chi connectivity index (χ0v) is 22.9. The second kappa shape index (κ2) is 8.90. The zero-order valence-electron chi connectivity index (χ0n) is 21.2. The summed E-state index contributed by atoms with van der Waals surface area (Å²) in [7, 11) is -6.01. The average molecular weight is 597 g/mol. The molecule has 2 aliphatic rings. The van der Waals surface area contributed by atoms with Crippen molar-refractivity contribution >= 4 is 42.9 Å². The molecule has 17 heteroatoms. The second-order valence-electron chi connectivity index (χ2n) is 9.92.